The van der Waals surface area contributed by atoms with Gasteiger partial charge in [-0.05, 0) is 54.8 Å². The summed E-state index contributed by atoms with van der Waals surface area (Å²) in [4.78, 5) is 4.40. The zero-order chi connectivity index (χ0) is 20.9. The quantitative estimate of drug-likeness (QED) is 0.440. The number of guanidine groups is 1. The number of aliphatic imine (C=N–C) groups is 1. The molecule has 0 radical (unpaired) electrons. The molecule has 1 fully saturated rings. The van der Waals surface area contributed by atoms with E-state index in [0.717, 1.165) is 5.56 Å². The number of anilines is 1. The van der Waals surface area contributed by atoms with Gasteiger partial charge in [0, 0.05) is 24.3 Å². The molecule has 2 aromatic rings. The van der Waals surface area contributed by atoms with Crippen molar-refractivity contribution in [3.63, 3.8) is 0 Å². The molecule has 3 N–H and O–H groups in total. The molecule has 0 unspecified atom stereocenters. The number of hydrogen-bond donors (Lipinski definition) is 2. The van der Waals surface area contributed by atoms with Gasteiger partial charge in [-0.2, -0.15) is 0 Å². The summed E-state index contributed by atoms with van der Waals surface area (Å²) < 4.78 is 59.7. The number of rotatable bonds is 5. The minimum Gasteiger partial charge on any atom is -0.406 e. The van der Waals surface area contributed by atoms with Crippen molar-refractivity contribution >= 4 is 11.6 Å². The summed E-state index contributed by atoms with van der Waals surface area (Å²) in [6.45, 7) is 1.41. The summed E-state index contributed by atoms with van der Waals surface area (Å²) in [7, 11) is 0. The van der Waals surface area contributed by atoms with Gasteiger partial charge in [-0.1, -0.05) is 12.1 Å². The largest absolute Gasteiger partial charge is 0.573 e. The number of alkyl halides is 3. The minimum atomic E-state index is -4.75. The highest BCUT2D eigenvalue weighted by Gasteiger charge is 2.35. The zero-order valence-electron chi connectivity index (χ0n) is 15.5. The Kier molecular flexibility index (Phi) is 6.26. The normalized spacial score (nSPS) is 17.0. The van der Waals surface area contributed by atoms with Crippen molar-refractivity contribution < 1.29 is 27.0 Å². The van der Waals surface area contributed by atoms with Crippen LogP contribution in [0.5, 0.6) is 5.75 Å². The van der Waals surface area contributed by atoms with Crippen LogP contribution in [0, 0.1) is 5.82 Å². The van der Waals surface area contributed by atoms with Crippen molar-refractivity contribution in [2.75, 3.05) is 25.1 Å². The van der Waals surface area contributed by atoms with Crippen LogP contribution in [0.25, 0.3) is 0 Å². The SMILES string of the molecule is NC(=NCC1(c2cccc(F)c2)CCOCC1)Nc1ccc(OC(F)(F)F)cc1. The van der Waals surface area contributed by atoms with E-state index in [1.54, 1.807) is 6.07 Å². The molecule has 156 valence electrons. The van der Waals surface area contributed by atoms with Crippen molar-refractivity contribution in [2.45, 2.75) is 24.6 Å². The Bertz CT molecular complexity index is 848. The fraction of sp³-hybridized carbons (Fsp3) is 0.350. The van der Waals surface area contributed by atoms with E-state index in [1.807, 2.05) is 6.07 Å². The fourth-order valence-electron chi connectivity index (χ4n) is 3.28. The highest BCUT2D eigenvalue weighted by Crippen LogP contribution is 2.35. The lowest BCUT2D eigenvalue weighted by Crippen LogP contribution is -2.38. The fourth-order valence-corrected chi connectivity index (χ4v) is 3.28. The first kappa shape index (κ1) is 20.9. The third-order valence-corrected chi connectivity index (χ3v) is 4.80. The van der Waals surface area contributed by atoms with E-state index in [9.17, 15) is 17.6 Å². The second kappa shape index (κ2) is 8.69. The van der Waals surface area contributed by atoms with Crippen LogP contribution in [0.3, 0.4) is 0 Å². The molecule has 0 aliphatic carbocycles. The predicted octanol–water partition coefficient (Wildman–Crippen LogP) is 4.20. The van der Waals surface area contributed by atoms with Crippen molar-refractivity contribution in [3.8, 4) is 5.75 Å². The van der Waals surface area contributed by atoms with E-state index >= 15 is 0 Å². The Morgan fingerprint density at radius 2 is 1.83 bits per heavy atom. The predicted molar refractivity (Wildman–Crippen MR) is 101 cm³/mol. The van der Waals surface area contributed by atoms with Crippen LogP contribution < -0.4 is 15.8 Å². The first-order chi connectivity index (χ1) is 13.8. The Morgan fingerprint density at radius 3 is 2.45 bits per heavy atom. The Hall–Kier alpha value is -2.81. The van der Waals surface area contributed by atoms with Crippen LogP contribution in [0.4, 0.5) is 23.2 Å². The maximum absolute atomic E-state index is 13.7. The maximum Gasteiger partial charge on any atom is 0.573 e. The molecule has 1 aliphatic heterocycles. The number of hydrogen-bond acceptors (Lipinski definition) is 3. The molecule has 5 nitrogen and oxygen atoms in total. The van der Waals surface area contributed by atoms with Gasteiger partial charge in [0.15, 0.2) is 5.96 Å². The van der Waals surface area contributed by atoms with Crippen molar-refractivity contribution in [1.29, 1.82) is 0 Å². The molecule has 0 spiro atoms. The standard InChI is InChI=1S/C20H21F4N3O2/c21-15-3-1-2-14(12-15)19(8-10-28-11-9-19)13-26-18(25)27-16-4-6-17(7-5-16)29-20(22,23)24/h1-7,12H,8-11,13H2,(H3,25,26,27). The molecule has 0 bridgehead atoms. The molecule has 0 atom stereocenters. The van der Waals surface area contributed by atoms with Gasteiger partial charge in [-0.25, -0.2) is 4.39 Å². The number of nitrogens with one attached hydrogen (secondary N) is 1. The zero-order valence-corrected chi connectivity index (χ0v) is 15.5. The van der Waals surface area contributed by atoms with Crippen LogP contribution in [0.2, 0.25) is 0 Å². The average Bonchev–Trinajstić information content (AvgIpc) is 2.68. The van der Waals surface area contributed by atoms with Crippen molar-refractivity contribution in [3.05, 3.63) is 59.9 Å². The lowest BCUT2D eigenvalue weighted by atomic mass is 9.74. The number of ether oxygens (including phenoxy) is 2. The van der Waals surface area contributed by atoms with Crippen LogP contribution >= 0.6 is 0 Å². The number of nitrogens with two attached hydrogens (primary N) is 1. The first-order valence-corrected chi connectivity index (χ1v) is 9.02. The van der Waals surface area contributed by atoms with Gasteiger partial charge in [0.2, 0.25) is 0 Å². The van der Waals surface area contributed by atoms with Gasteiger partial charge in [0.1, 0.15) is 11.6 Å². The number of halogens is 4. The smallest absolute Gasteiger partial charge is 0.406 e. The van der Waals surface area contributed by atoms with Gasteiger partial charge in [0.25, 0.3) is 0 Å². The molecule has 9 heteroatoms. The van der Waals surface area contributed by atoms with E-state index in [2.05, 4.69) is 15.0 Å². The molecule has 0 saturated carbocycles. The van der Waals surface area contributed by atoms with Crippen LogP contribution in [0.1, 0.15) is 18.4 Å². The molecule has 29 heavy (non-hydrogen) atoms. The number of nitrogens with zero attached hydrogens (tertiary/aromatic N) is 1. The molecule has 0 amide bonds. The summed E-state index contributed by atoms with van der Waals surface area (Å²) in [6, 6.07) is 11.6. The van der Waals surface area contributed by atoms with Crippen LogP contribution in [-0.4, -0.2) is 32.1 Å². The van der Waals surface area contributed by atoms with Crippen LogP contribution in [-0.2, 0) is 10.2 Å². The van der Waals surface area contributed by atoms with Crippen molar-refractivity contribution in [2.24, 2.45) is 10.7 Å². The molecule has 1 saturated heterocycles. The maximum atomic E-state index is 13.7. The summed E-state index contributed by atoms with van der Waals surface area (Å²) in [5.74, 6) is -0.535. The summed E-state index contributed by atoms with van der Waals surface area (Å²) >= 11 is 0. The van der Waals surface area contributed by atoms with Gasteiger partial charge in [0.05, 0.1) is 6.54 Å². The van der Waals surface area contributed by atoms with E-state index in [0.29, 0.717) is 38.3 Å². The third-order valence-electron chi connectivity index (χ3n) is 4.80. The Morgan fingerprint density at radius 1 is 1.14 bits per heavy atom. The second-order valence-electron chi connectivity index (χ2n) is 6.80. The average molecular weight is 411 g/mol. The van der Waals surface area contributed by atoms with E-state index < -0.39 is 11.8 Å². The van der Waals surface area contributed by atoms with Gasteiger partial charge in [-0.15, -0.1) is 13.2 Å². The molecule has 0 aromatic heterocycles. The third kappa shape index (κ3) is 5.83. The van der Waals surface area contributed by atoms with Gasteiger partial charge in [-0.3, -0.25) is 4.99 Å². The Balaban J connectivity index is 1.69. The lowest BCUT2D eigenvalue weighted by Gasteiger charge is -2.36. The molecular formula is C20H21F4N3O2. The second-order valence-corrected chi connectivity index (χ2v) is 6.80. The van der Waals surface area contributed by atoms with E-state index in [4.69, 9.17) is 10.5 Å². The molecule has 2 aromatic carbocycles. The number of benzene rings is 2. The first-order valence-electron chi connectivity index (χ1n) is 9.02. The summed E-state index contributed by atoms with van der Waals surface area (Å²) in [5.41, 5.74) is 6.86. The molecular weight excluding hydrogens is 390 g/mol. The van der Waals surface area contributed by atoms with Crippen LogP contribution in [0.15, 0.2) is 53.5 Å². The highest BCUT2D eigenvalue weighted by atomic mass is 19.4. The van der Waals surface area contributed by atoms with E-state index in [-0.39, 0.29) is 17.5 Å². The molecule has 1 aliphatic rings. The summed E-state index contributed by atoms with van der Waals surface area (Å²) in [5, 5.41) is 2.84. The van der Waals surface area contributed by atoms with Crippen molar-refractivity contribution in [1.82, 2.24) is 0 Å². The topological polar surface area (TPSA) is 68.9 Å². The molecule has 3 rings (SSSR count). The van der Waals surface area contributed by atoms with Gasteiger partial charge >= 0.3 is 6.36 Å². The monoisotopic (exact) mass is 411 g/mol. The summed E-state index contributed by atoms with van der Waals surface area (Å²) in [6.07, 6.45) is -3.39. The van der Waals surface area contributed by atoms with Gasteiger partial charge < -0.3 is 20.5 Å². The lowest BCUT2D eigenvalue weighted by molar-refractivity contribution is -0.274. The minimum absolute atomic E-state index is 0.108. The van der Waals surface area contributed by atoms with E-state index in [1.165, 1.54) is 36.4 Å². The Labute approximate surface area is 165 Å². The highest BCUT2D eigenvalue weighted by molar-refractivity contribution is 5.92. The molecule has 1 heterocycles.